The van der Waals surface area contributed by atoms with Crippen molar-refractivity contribution in [3.8, 4) is 11.1 Å². The van der Waals surface area contributed by atoms with Gasteiger partial charge in [-0.25, -0.2) is 0 Å². The molecule has 242 valence electrons. The SMILES string of the molecule is CC(C)(C)OCCCCCCc1c[cH-]c2ccccc12.Cc1cc2c(-c3ccc4c(c3)c3ccccc3n4C)cccc2[cH-]1.[Cl][Zr+2][Cl]. The Bertz CT molecular complexity index is 2040. The maximum absolute atomic E-state index is 5.74. The zero-order chi connectivity index (χ0) is 33.4. The Morgan fingerprint density at radius 1 is 0.723 bits per heavy atom. The van der Waals surface area contributed by atoms with E-state index >= 15 is 0 Å². The third kappa shape index (κ3) is 9.07. The quantitative estimate of drug-likeness (QED) is 0.112. The number of para-hydroxylation sites is 1. The number of halogens is 2. The first kappa shape index (κ1) is 35.6. The van der Waals surface area contributed by atoms with E-state index in [-0.39, 0.29) is 5.60 Å². The van der Waals surface area contributed by atoms with Crippen LogP contribution in [0.5, 0.6) is 0 Å². The molecule has 0 saturated heterocycles. The molecule has 5 heteroatoms. The first-order valence-electron chi connectivity index (χ1n) is 16.6. The van der Waals surface area contributed by atoms with Crippen molar-refractivity contribution in [3.63, 3.8) is 0 Å². The van der Waals surface area contributed by atoms with E-state index in [1.165, 1.54) is 97.7 Å². The zero-order valence-corrected chi connectivity index (χ0v) is 32.2. The van der Waals surface area contributed by atoms with Crippen molar-refractivity contribution in [2.75, 3.05) is 6.61 Å². The van der Waals surface area contributed by atoms with Crippen LogP contribution in [-0.2, 0) is 39.1 Å². The molecule has 0 aliphatic rings. The molecule has 0 N–H and O–H groups in total. The van der Waals surface area contributed by atoms with Crippen molar-refractivity contribution in [3.05, 3.63) is 120 Å². The maximum atomic E-state index is 5.74. The number of hydrogen-bond donors (Lipinski definition) is 0. The summed E-state index contributed by atoms with van der Waals surface area (Å²) in [6.45, 7) is 9.41. The van der Waals surface area contributed by atoms with Gasteiger partial charge in [0.15, 0.2) is 0 Å². The number of rotatable bonds is 8. The van der Waals surface area contributed by atoms with Crippen LogP contribution >= 0.6 is 17.0 Å². The fourth-order valence-corrected chi connectivity index (χ4v) is 6.55. The summed E-state index contributed by atoms with van der Waals surface area (Å²) in [6.07, 6.45) is 6.23. The average Bonchev–Trinajstić information content (AvgIpc) is 3.74. The molecule has 2 nitrogen and oxygen atoms in total. The average molecular weight is 742 g/mol. The topological polar surface area (TPSA) is 14.2 Å². The number of unbranched alkanes of at least 4 members (excludes halogenated alkanes) is 3. The van der Waals surface area contributed by atoms with Gasteiger partial charge in [0.05, 0.1) is 5.60 Å². The van der Waals surface area contributed by atoms with Crippen LogP contribution in [0.3, 0.4) is 0 Å². The molecule has 0 saturated carbocycles. The van der Waals surface area contributed by atoms with E-state index in [9.17, 15) is 0 Å². The van der Waals surface area contributed by atoms with Gasteiger partial charge in [0.25, 0.3) is 0 Å². The molecule has 1 heterocycles. The Labute approximate surface area is 299 Å². The van der Waals surface area contributed by atoms with Crippen molar-refractivity contribution in [1.29, 1.82) is 0 Å². The normalized spacial score (nSPS) is 11.4. The first-order valence-corrected chi connectivity index (χ1v) is 22.9. The summed E-state index contributed by atoms with van der Waals surface area (Å²) < 4.78 is 8.02. The number of fused-ring (bicyclic) bond motifs is 5. The van der Waals surface area contributed by atoms with Gasteiger partial charge in [-0.1, -0.05) is 74.6 Å². The van der Waals surface area contributed by atoms with Crippen molar-refractivity contribution in [2.45, 2.75) is 65.4 Å². The number of ether oxygens (including phenoxy) is 1. The molecule has 6 aromatic carbocycles. The predicted molar refractivity (Wildman–Crippen MR) is 203 cm³/mol. The summed E-state index contributed by atoms with van der Waals surface area (Å²) in [6, 6.07) is 39.8. The molecule has 0 atom stereocenters. The minimum atomic E-state index is -0.826. The molecular weight excluding hydrogens is 697 g/mol. The van der Waals surface area contributed by atoms with Gasteiger partial charge in [-0.2, -0.15) is 11.6 Å². The Morgan fingerprint density at radius 3 is 2.19 bits per heavy atom. The van der Waals surface area contributed by atoms with Crippen molar-refractivity contribution >= 4 is 60.4 Å². The molecule has 0 fully saturated rings. The van der Waals surface area contributed by atoms with Crippen LogP contribution in [-0.4, -0.2) is 16.8 Å². The summed E-state index contributed by atoms with van der Waals surface area (Å²) in [5.41, 5.74) is 8.01. The standard InChI is InChI=1S/C23H18N.C19H27O.2ClH.Zr/c1-15-12-16-6-5-8-18(20(16)13-15)17-10-11-23-21(14-17)19-7-3-4-9-22(19)24(23)2;1-19(2,3)20-15-9-5-4-6-10-16-13-14-17-11-7-8-12-18(16)17;;;/h3-14H,1-2H3;7-8,11-14H,4-6,9-10,15H2,1-3H3;2*1H;/q2*-1;;;+4/p-2. The summed E-state index contributed by atoms with van der Waals surface area (Å²) in [7, 11) is 12.0. The molecule has 0 unspecified atom stereocenters. The van der Waals surface area contributed by atoms with Crippen molar-refractivity contribution in [2.24, 2.45) is 7.05 Å². The molecule has 0 aliphatic carbocycles. The predicted octanol–water partition coefficient (Wildman–Crippen LogP) is 13.0. The summed E-state index contributed by atoms with van der Waals surface area (Å²) >= 11 is -0.826. The van der Waals surface area contributed by atoms with E-state index in [1.54, 1.807) is 0 Å². The van der Waals surface area contributed by atoms with Crippen LogP contribution in [0.4, 0.5) is 0 Å². The minimum absolute atomic E-state index is 0.00814. The fourth-order valence-electron chi connectivity index (χ4n) is 6.55. The Hall–Kier alpha value is -2.68. The van der Waals surface area contributed by atoms with Crippen LogP contribution in [0.15, 0.2) is 109 Å². The van der Waals surface area contributed by atoms with E-state index < -0.39 is 20.8 Å². The van der Waals surface area contributed by atoms with Gasteiger partial charge < -0.3 is 9.30 Å². The molecule has 7 aromatic rings. The number of benzene rings is 4. The summed E-state index contributed by atoms with van der Waals surface area (Å²) in [5.74, 6) is 0. The number of aryl methyl sites for hydroxylation is 3. The van der Waals surface area contributed by atoms with Gasteiger partial charge in [0, 0.05) is 35.5 Å². The van der Waals surface area contributed by atoms with Gasteiger partial charge in [0.1, 0.15) is 0 Å². The van der Waals surface area contributed by atoms with Crippen LogP contribution in [0.1, 0.15) is 57.6 Å². The third-order valence-electron chi connectivity index (χ3n) is 8.77. The molecule has 7 rings (SSSR count). The molecule has 0 spiro atoms. The van der Waals surface area contributed by atoms with Gasteiger partial charge in [0.2, 0.25) is 0 Å². The van der Waals surface area contributed by atoms with E-state index in [1.807, 2.05) is 0 Å². The van der Waals surface area contributed by atoms with Gasteiger partial charge in [-0.05, 0) is 51.0 Å². The number of hydrogen-bond acceptors (Lipinski definition) is 1. The molecule has 0 bridgehead atoms. The molecule has 0 radical (unpaired) electrons. The number of nitrogens with zero attached hydrogens (tertiary/aromatic N) is 1. The molecule has 1 aromatic heterocycles. The monoisotopic (exact) mass is 739 g/mol. The molecular formula is C42H45Cl2NOZr. The molecule has 0 amide bonds. The molecule has 47 heavy (non-hydrogen) atoms. The van der Waals surface area contributed by atoms with Crippen LogP contribution < -0.4 is 0 Å². The van der Waals surface area contributed by atoms with Gasteiger partial charge in [-0.15, -0.1) is 75.6 Å². The Kier molecular flexibility index (Phi) is 12.6. The Morgan fingerprint density at radius 2 is 1.40 bits per heavy atom. The fraction of sp³-hybridized carbons (Fsp3) is 0.286. The summed E-state index contributed by atoms with van der Waals surface area (Å²) in [4.78, 5) is 0. The molecule has 0 aliphatic heterocycles. The van der Waals surface area contributed by atoms with E-state index in [0.29, 0.717) is 0 Å². The van der Waals surface area contributed by atoms with Gasteiger partial charge >= 0.3 is 37.9 Å². The first-order chi connectivity index (χ1) is 22.7. The second-order valence-electron chi connectivity index (χ2n) is 13.3. The van der Waals surface area contributed by atoms with Crippen LogP contribution in [0.25, 0.3) is 54.5 Å². The van der Waals surface area contributed by atoms with Crippen molar-refractivity contribution < 1.29 is 25.6 Å². The summed E-state index contributed by atoms with van der Waals surface area (Å²) in [5, 5.41) is 8.12. The van der Waals surface area contributed by atoms with Crippen LogP contribution in [0.2, 0.25) is 0 Å². The third-order valence-corrected chi connectivity index (χ3v) is 8.77. The van der Waals surface area contributed by atoms with E-state index in [0.717, 1.165) is 6.61 Å². The Balaban J connectivity index is 0.000000173. The second kappa shape index (κ2) is 16.6. The van der Waals surface area contributed by atoms with Crippen LogP contribution in [0, 0.1) is 6.92 Å². The second-order valence-corrected chi connectivity index (χ2v) is 17.0. The van der Waals surface area contributed by atoms with E-state index in [4.69, 9.17) is 21.8 Å². The van der Waals surface area contributed by atoms with E-state index in [2.05, 4.69) is 149 Å². The van der Waals surface area contributed by atoms with Crippen molar-refractivity contribution in [1.82, 2.24) is 4.57 Å². The van der Waals surface area contributed by atoms with Gasteiger partial charge in [-0.3, -0.25) is 0 Å². The number of aromatic nitrogens is 1. The zero-order valence-electron chi connectivity index (χ0n) is 28.2.